The molecular formula is C16H19F3OS. The van der Waals surface area contributed by atoms with Crippen LogP contribution in [0.15, 0.2) is 18.2 Å². The molecule has 2 fully saturated rings. The first-order valence-electron chi connectivity index (χ1n) is 7.35. The number of hydrogen-bond acceptors (Lipinski definition) is 2. The topological polar surface area (TPSA) is 20.2 Å². The molecule has 1 aromatic rings. The number of thioether (sulfide) groups is 1. The van der Waals surface area contributed by atoms with E-state index in [1.807, 2.05) is 11.8 Å². The highest BCUT2D eigenvalue weighted by molar-refractivity contribution is 8.00. The Labute approximate surface area is 126 Å². The van der Waals surface area contributed by atoms with Crippen LogP contribution < -0.4 is 0 Å². The maximum atomic E-state index is 13.1. The van der Waals surface area contributed by atoms with E-state index in [1.54, 1.807) is 6.07 Å². The van der Waals surface area contributed by atoms with E-state index in [1.165, 1.54) is 19.4 Å². The Morgan fingerprint density at radius 1 is 1.19 bits per heavy atom. The predicted octanol–water partition coefficient (Wildman–Crippen LogP) is 4.65. The molecule has 0 amide bonds. The van der Waals surface area contributed by atoms with Gasteiger partial charge in [0.15, 0.2) is 0 Å². The molecule has 2 atom stereocenters. The Morgan fingerprint density at radius 2 is 1.81 bits per heavy atom. The van der Waals surface area contributed by atoms with E-state index in [4.69, 9.17) is 0 Å². The van der Waals surface area contributed by atoms with Crippen molar-refractivity contribution in [2.45, 2.75) is 61.3 Å². The van der Waals surface area contributed by atoms with Crippen molar-refractivity contribution < 1.29 is 18.3 Å². The summed E-state index contributed by atoms with van der Waals surface area (Å²) in [7, 11) is 0. The van der Waals surface area contributed by atoms with Crippen LogP contribution in [0, 0.1) is 6.92 Å². The van der Waals surface area contributed by atoms with Gasteiger partial charge in [0.1, 0.15) is 0 Å². The summed E-state index contributed by atoms with van der Waals surface area (Å²) in [4.78, 5) is 0. The van der Waals surface area contributed by atoms with Gasteiger partial charge in [-0.05, 0) is 49.8 Å². The van der Waals surface area contributed by atoms with Gasteiger partial charge >= 0.3 is 6.18 Å². The van der Waals surface area contributed by atoms with Crippen molar-refractivity contribution in [1.29, 1.82) is 0 Å². The highest BCUT2D eigenvalue weighted by Gasteiger charge is 2.44. The van der Waals surface area contributed by atoms with Crippen molar-refractivity contribution in [2.24, 2.45) is 0 Å². The van der Waals surface area contributed by atoms with Crippen LogP contribution in [-0.2, 0) is 11.8 Å². The Hall–Kier alpha value is -0.680. The lowest BCUT2D eigenvalue weighted by molar-refractivity contribution is -0.138. The Bertz CT molecular complexity index is 529. The van der Waals surface area contributed by atoms with Crippen LogP contribution in [0.3, 0.4) is 0 Å². The fraction of sp³-hybridized carbons (Fsp3) is 0.625. The lowest BCUT2D eigenvalue weighted by atomic mass is 9.78. The molecule has 0 saturated carbocycles. The smallest absolute Gasteiger partial charge is 0.385 e. The standard InChI is InChI=1S/C16H19F3OS/c1-10-13(6-3-7-14(10)16(17,18)19)15(20)8-11-4-2-5-12(9-15)21-11/h3,6-7,11-12,20H,2,4-5,8-9H2,1H3. The SMILES string of the molecule is Cc1c(C(F)(F)F)cccc1C1(O)CC2CCCC(C1)S2. The average Bonchev–Trinajstić information content (AvgIpc) is 2.36. The summed E-state index contributed by atoms with van der Waals surface area (Å²) >= 11 is 1.90. The van der Waals surface area contributed by atoms with E-state index < -0.39 is 17.3 Å². The van der Waals surface area contributed by atoms with Crippen LogP contribution >= 0.6 is 11.8 Å². The zero-order valence-electron chi connectivity index (χ0n) is 11.9. The van der Waals surface area contributed by atoms with Crippen molar-refractivity contribution in [1.82, 2.24) is 0 Å². The molecule has 0 aromatic heterocycles. The van der Waals surface area contributed by atoms with Gasteiger partial charge in [-0.25, -0.2) is 0 Å². The maximum Gasteiger partial charge on any atom is 0.416 e. The summed E-state index contributed by atoms with van der Waals surface area (Å²) in [5, 5.41) is 11.8. The first-order chi connectivity index (χ1) is 9.79. The minimum atomic E-state index is -4.37. The fourth-order valence-electron chi connectivity index (χ4n) is 3.79. The van der Waals surface area contributed by atoms with Crippen LogP contribution in [-0.4, -0.2) is 15.6 Å². The highest BCUT2D eigenvalue weighted by atomic mass is 32.2. The molecule has 3 rings (SSSR count). The van der Waals surface area contributed by atoms with E-state index in [0.29, 0.717) is 28.9 Å². The molecule has 2 heterocycles. The van der Waals surface area contributed by atoms with Gasteiger partial charge in [0.05, 0.1) is 11.2 Å². The van der Waals surface area contributed by atoms with Crippen molar-refractivity contribution in [2.75, 3.05) is 0 Å². The molecule has 0 radical (unpaired) electrons. The summed E-state index contributed by atoms with van der Waals surface area (Å²) in [6.45, 7) is 1.48. The largest absolute Gasteiger partial charge is 0.416 e. The second-order valence-corrected chi connectivity index (χ2v) is 7.83. The summed E-state index contributed by atoms with van der Waals surface area (Å²) < 4.78 is 39.2. The minimum Gasteiger partial charge on any atom is -0.385 e. The quantitative estimate of drug-likeness (QED) is 0.814. The molecule has 2 saturated heterocycles. The average molecular weight is 316 g/mol. The van der Waals surface area contributed by atoms with Gasteiger partial charge < -0.3 is 5.11 Å². The molecule has 21 heavy (non-hydrogen) atoms. The number of hydrogen-bond donors (Lipinski definition) is 1. The summed E-state index contributed by atoms with van der Waals surface area (Å²) in [6, 6.07) is 4.18. The third-order valence-electron chi connectivity index (χ3n) is 4.71. The Kier molecular flexibility index (Phi) is 3.77. The van der Waals surface area contributed by atoms with Gasteiger partial charge in [-0.1, -0.05) is 18.6 Å². The number of rotatable bonds is 1. The first-order valence-corrected chi connectivity index (χ1v) is 8.29. The van der Waals surface area contributed by atoms with Crippen LogP contribution in [0.1, 0.15) is 48.8 Å². The number of aliphatic hydroxyl groups is 1. The van der Waals surface area contributed by atoms with Crippen molar-refractivity contribution in [3.63, 3.8) is 0 Å². The summed E-state index contributed by atoms with van der Waals surface area (Å²) in [5.74, 6) is 0. The minimum absolute atomic E-state index is 0.178. The van der Waals surface area contributed by atoms with Gasteiger partial charge in [0.25, 0.3) is 0 Å². The summed E-state index contributed by atoms with van der Waals surface area (Å²) in [5.41, 5.74) is -1.09. The third kappa shape index (κ3) is 2.82. The van der Waals surface area contributed by atoms with Gasteiger partial charge in [-0.2, -0.15) is 24.9 Å². The lowest BCUT2D eigenvalue weighted by Gasteiger charge is -2.44. The van der Waals surface area contributed by atoms with Crippen LogP contribution in [0.2, 0.25) is 0 Å². The molecular weight excluding hydrogens is 297 g/mol. The number of alkyl halides is 3. The van der Waals surface area contributed by atoms with Crippen LogP contribution in [0.25, 0.3) is 0 Å². The molecule has 5 heteroatoms. The van der Waals surface area contributed by atoms with E-state index in [9.17, 15) is 18.3 Å². The van der Waals surface area contributed by atoms with Gasteiger partial charge in [-0.15, -0.1) is 0 Å². The predicted molar refractivity (Wildman–Crippen MR) is 78.3 cm³/mol. The number of halogens is 3. The first kappa shape index (κ1) is 15.2. The number of benzene rings is 1. The van der Waals surface area contributed by atoms with Crippen molar-refractivity contribution >= 4 is 11.8 Å². The number of fused-ring (bicyclic) bond motifs is 2. The van der Waals surface area contributed by atoms with Crippen LogP contribution in [0.4, 0.5) is 13.2 Å². The second kappa shape index (κ2) is 5.20. The lowest BCUT2D eigenvalue weighted by Crippen LogP contribution is -2.41. The molecule has 2 unspecified atom stereocenters. The van der Waals surface area contributed by atoms with Gasteiger partial charge in [-0.3, -0.25) is 0 Å². The normalized spacial score (nSPS) is 33.0. The van der Waals surface area contributed by atoms with E-state index in [2.05, 4.69) is 0 Å². The van der Waals surface area contributed by atoms with Crippen molar-refractivity contribution in [3.05, 3.63) is 34.9 Å². The molecule has 2 aliphatic rings. The maximum absolute atomic E-state index is 13.1. The highest BCUT2D eigenvalue weighted by Crippen LogP contribution is 2.50. The van der Waals surface area contributed by atoms with Crippen molar-refractivity contribution in [3.8, 4) is 0 Å². The monoisotopic (exact) mass is 316 g/mol. The Morgan fingerprint density at radius 3 is 2.38 bits per heavy atom. The molecule has 1 N–H and O–H groups in total. The zero-order chi connectivity index (χ0) is 15.3. The van der Waals surface area contributed by atoms with Crippen LogP contribution in [0.5, 0.6) is 0 Å². The molecule has 0 spiro atoms. The summed E-state index contributed by atoms with van der Waals surface area (Å²) in [6.07, 6.45) is 0.0470. The molecule has 2 bridgehead atoms. The van der Waals surface area contributed by atoms with Gasteiger partial charge in [0, 0.05) is 10.5 Å². The van der Waals surface area contributed by atoms with E-state index in [0.717, 1.165) is 18.9 Å². The zero-order valence-corrected chi connectivity index (χ0v) is 12.7. The fourth-order valence-corrected chi connectivity index (χ4v) is 5.68. The van der Waals surface area contributed by atoms with Gasteiger partial charge in [0.2, 0.25) is 0 Å². The molecule has 1 nitrogen and oxygen atoms in total. The third-order valence-corrected chi connectivity index (χ3v) is 6.28. The molecule has 1 aromatic carbocycles. The molecule has 2 aliphatic heterocycles. The molecule has 116 valence electrons. The van der Waals surface area contributed by atoms with E-state index in [-0.39, 0.29) is 5.56 Å². The molecule has 0 aliphatic carbocycles. The second-order valence-electron chi connectivity index (χ2n) is 6.23. The Balaban J connectivity index is 2.00. The van der Waals surface area contributed by atoms with E-state index >= 15 is 0 Å².